The van der Waals surface area contributed by atoms with Gasteiger partial charge in [-0.1, -0.05) is 50.5 Å². The summed E-state index contributed by atoms with van der Waals surface area (Å²) in [6, 6.07) is 14.8. The molecule has 2 aromatic carbocycles. The van der Waals surface area contributed by atoms with Crippen LogP contribution in [-0.2, 0) is 6.42 Å². The zero-order valence-corrected chi connectivity index (χ0v) is 12.6. The summed E-state index contributed by atoms with van der Waals surface area (Å²) >= 11 is 0. The summed E-state index contributed by atoms with van der Waals surface area (Å²) in [6.07, 6.45) is 6.32. The summed E-state index contributed by atoms with van der Waals surface area (Å²) in [4.78, 5) is 4.76. The minimum absolute atomic E-state index is 0.753. The smallest absolute Gasteiger partial charge is 0.0938 e. The molecule has 0 aliphatic carbocycles. The van der Waals surface area contributed by atoms with Gasteiger partial charge in [0.25, 0.3) is 0 Å². The topological polar surface area (TPSA) is 38.9 Å². The van der Waals surface area contributed by atoms with Gasteiger partial charge in [-0.25, -0.2) is 4.98 Å². The largest absolute Gasteiger partial charge is 0.397 e. The third-order valence-electron chi connectivity index (χ3n) is 4.06. The second-order valence-electron chi connectivity index (χ2n) is 5.75. The van der Waals surface area contributed by atoms with E-state index >= 15 is 0 Å². The number of anilines is 1. The van der Waals surface area contributed by atoms with Crippen LogP contribution in [0.25, 0.3) is 21.8 Å². The normalized spacial score (nSPS) is 11.3. The highest BCUT2D eigenvalue weighted by Crippen LogP contribution is 2.24. The molecule has 0 bridgehead atoms. The van der Waals surface area contributed by atoms with E-state index in [-0.39, 0.29) is 0 Å². The first-order chi connectivity index (χ1) is 10.3. The van der Waals surface area contributed by atoms with E-state index in [2.05, 4.69) is 37.3 Å². The Hall–Kier alpha value is -2.09. The van der Waals surface area contributed by atoms with Gasteiger partial charge in [-0.05, 0) is 36.6 Å². The zero-order valence-electron chi connectivity index (χ0n) is 12.6. The van der Waals surface area contributed by atoms with E-state index in [1.165, 1.54) is 36.6 Å². The van der Waals surface area contributed by atoms with Gasteiger partial charge in [-0.3, -0.25) is 0 Å². The molecule has 2 nitrogen and oxygen atoms in total. The second kappa shape index (κ2) is 6.13. The van der Waals surface area contributed by atoms with Crippen LogP contribution < -0.4 is 5.73 Å². The van der Waals surface area contributed by atoms with E-state index in [0.29, 0.717) is 0 Å². The molecule has 0 spiro atoms. The van der Waals surface area contributed by atoms with Gasteiger partial charge in [0.1, 0.15) is 0 Å². The number of hydrogen-bond donors (Lipinski definition) is 1. The Morgan fingerprint density at radius 2 is 1.86 bits per heavy atom. The van der Waals surface area contributed by atoms with Crippen LogP contribution in [0.15, 0.2) is 42.5 Å². The maximum Gasteiger partial charge on any atom is 0.0938 e. The SMILES string of the molecule is CCCCCCc1ccc2cc3cccc(N)c3nc2c1. The average Bonchev–Trinajstić information content (AvgIpc) is 2.50. The van der Waals surface area contributed by atoms with Crippen molar-refractivity contribution in [3.8, 4) is 0 Å². The number of rotatable bonds is 5. The first kappa shape index (κ1) is 13.9. The molecule has 1 aromatic heterocycles. The van der Waals surface area contributed by atoms with E-state index in [9.17, 15) is 0 Å². The molecular formula is C19H22N2. The molecule has 0 aliphatic heterocycles. The Morgan fingerprint density at radius 3 is 2.71 bits per heavy atom. The predicted octanol–water partition coefficient (Wildman–Crippen LogP) is 5.09. The molecule has 0 radical (unpaired) electrons. The monoisotopic (exact) mass is 278 g/mol. The number of fused-ring (bicyclic) bond motifs is 2. The molecule has 2 heteroatoms. The Kier molecular flexibility index (Phi) is 4.05. The van der Waals surface area contributed by atoms with Crippen molar-refractivity contribution in [2.45, 2.75) is 39.0 Å². The van der Waals surface area contributed by atoms with Crippen molar-refractivity contribution in [1.82, 2.24) is 4.98 Å². The van der Waals surface area contributed by atoms with Crippen LogP contribution >= 0.6 is 0 Å². The Balaban J connectivity index is 1.93. The maximum atomic E-state index is 6.04. The highest BCUT2D eigenvalue weighted by atomic mass is 14.7. The number of aryl methyl sites for hydroxylation is 1. The van der Waals surface area contributed by atoms with Gasteiger partial charge >= 0.3 is 0 Å². The minimum Gasteiger partial charge on any atom is -0.397 e. The van der Waals surface area contributed by atoms with E-state index in [1.807, 2.05) is 12.1 Å². The molecule has 2 N–H and O–H groups in total. The second-order valence-corrected chi connectivity index (χ2v) is 5.75. The van der Waals surface area contributed by atoms with E-state index < -0.39 is 0 Å². The van der Waals surface area contributed by atoms with Gasteiger partial charge in [-0.2, -0.15) is 0 Å². The molecule has 3 aromatic rings. The van der Waals surface area contributed by atoms with Gasteiger partial charge < -0.3 is 5.73 Å². The first-order valence-electron chi connectivity index (χ1n) is 7.86. The molecule has 0 unspecified atom stereocenters. The fourth-order valence-electron chi connectivity index (χ4n) is 2.83. The van der Waals surface area contributed by atoms with Crippen LogP contribution in [-0.4, -0.2) is 4.98 Å². The van der Waals surface area contributed by atoms with Crippen LogP contribution in [0.1, 0.15) is 38.2 Å². The standard InChI is InChI=1S/C19H22N2/c1-2-3-4-5-7-14-10-11-15-13-16-8-6-9-17(20)19(16)21-18(15)12-14/h6,8-13H,2-5,7,20H2,1H3. The number of para-hydroxylation sites is 1. The quantitative estimate of drug-likeness (QED) is 0.401. The lowest BCUT2D eigenvalue weighted by Crippen LogP contribution is -1.92. The lowest BCUT2D eigenvalue weighted by Gasteiger charge is -2.06. The lowest BCUT2D eigenvalue weighted by atomic mass is 10.0. The average molecular weight is 278 g/mol. The number of nitrogens with two attached hydrogens (primary N) is 1. The number of nitrogen functional groups attached to an aromatic ring is 1. The summed E-state index contributed by atoms with van der Waals surface area (Å²) in [5.41, 5.74) is 10.1. The van der Waals surface area contributed by atoms with Crippen LogP contribution in [0.2, 0.25) is 0 Å². The molecule has 0 saturated carbocycles. The number of nitrogens with zero attached hydrogens (tertiary/aromatic N) is 1. The highest BCUT2D eigenvalue weighted by Gasteiger charge is 2.03. The molecule has 3 rings (SSSR count). The molecule has 0 fully saturated rings. The zero-order chi connectivity index (χ0) is 14.7. The minimum atomic E-state index is 0.753. The molecular weight excluding hydrogens is 256 g/mol. The Morgan fingerprint density at radius 1 is 0.952 bits per heavy atom. The van der Waals surface area contributed by atoms with E-state index in [4.69, 9.17) is 10.7 Å². The Labute approximate surface area is 126 Å². The van der Waals surface area contributed by atoms with E-state index in [1.54, 1.807) is 0 Å². The number of unbranched alkanes of at least 4 members (excludes halogenated alkanes) is 3. The van der Waals surface area contributed by atoms with Gasteiger partial charge in [0.15, 0.2) is 0 Å². The Bertz CT molecular complexity index is 762. The van der Waals surface area contributed by atoms with Crippen LogP contribution in [0, 0.1) is 0 Å². The van der Waals surface area contributed by atoms with E-state index in [0.717, 1.165) is 28.5 Å². The predicted molar refractivity (Wildman–Crippen MR) is 91.5 cm³/mol. The number of aromatic nitrogens is 1. The third-order valence-corrected chi connectivity index (χ3v) is 4.06. The summed E-state index contributed by atoms with van der Waals surface area (Å²) in [5.74, 6) is 0. The summed E-state index contributed by atoms with van der Waals surface area (Å²) in [7, 11) is 0. The van der Waals surface area contributed by atoms with Crippen molar-refractivity contribution in [3.05, 3.63) is 48.0 Å². The van der Waals surface area contributed by atoms with Crippen molar-refractivity contribution in [2.75, 3.05) is 5.73 Å². The number of hydrogen-bond acceptors (Lipinski definition) is 2. The molecule has 1 heterocycles. The fraction of sp³-hybridized carbons (Fsp3) is 0.316. The maximum absolute atomic E-state index is 6.04. The molecule has 0 amide bonds. The van der Waals surface area contributed by atoms with Crippen molar-refractivity contribution >= 4 is 27.5 Å². The van der Waals surface area contributed by atoms with Crippen molar-refractivity contribution in [3.63, 3.8) is 0 Å². The summed E-state index contributed by atoms with van der Waals surface area (Å²) in [5, 5.41) is 2.30. The molecule has 21 heavy (non-hydrogen) atoms. The van der Waals surface area contributed by atoms with Crippen LogP contribution in [0.5, 0.6) is 0 Å². The van der Waals surface area contributed by atoms with Crippen LogP contribution in [0.3, 0.4) is 0 Å². The highest BCUT2D eigenvalue weighted by molar-refractivity contribution is 5.97. The molecule has 108 valence electrons. The van der Waals surface area contributed by atoms with Crippen molar-refractivity contribution < 1.29 is 0 Å². The first-order valence-corrected chi connectivity index (χ1v) is 7.86. The van der Waals surface area contributed by atoms with Crippen molar-refractivity contribution in [1.29, 1.82) is 0 Å². The van der Waals surface area contributed by atoms with Gasteiger partial charge in [0.05, 0.1) is 16.7 Å². The van der Waals surface area contributed by atoms with Crippen LogP contribution in [0.4, 0.5) is 5.69 Å². The lowest BCUT2D eigenvalue weighted by molar-refractivity contribution is 0.667. The molecule has 0 atom stereocenters. The number of pyridine rings is 1. The van der Waals surface area contributed by atoms with Gasteiger partial charge in [0.2, 0.25) is 0 Å². The fourth-order valence-corrected chi connectivity index (χ4v) is 2.83. The van der Waals surface area contributed by atoms with Gasteiger partial charge in [-0.15, -0.1) is 0 Å². The summed E-state index contributed by atoms with van der Waals surface area (Å²) < 4.78 is 0. The number of benzene rings is 2. The third kappa shape index (κ3) is 2.99. The van der Waals surface area contributed by atoms with Crippen molar-refractivity contribution in [2.24, 2.45) is 0 Å². The molecule has 0 saturated heterocycles. The van der Waals surface area contributed by atoms with Gasteiger partial charge in [0, 0.05) is 10.8 Å². The summed E-state index contributed by atoms with van der Waals surface area (Å²) in [6.45, 7) is 2.25. The molecule has 0 aliphatic rings.